The van der Waals surface area contributed by atoms with Gasteiger partial charge in [-0.05, 0) is 18.9 Å². The van der Waals surface area contributed by atoms with E-state index in [9.17, 15) is 13.2 Å². The molecule has 0 unspecified atom stereocenters. The summed E-state index contributed by atoms with van der Waals surface area (Å²) in [5.41, 5.74) is -0.952. The molecule has 2 N–H and O–H groups in total. The Morgan fingerprint density at radius 3 is 2.79 bits per heavy atom. The quantitative estimate of drug-likeness (QED) is 0.775. The molecule has 0 radical (unpaired) electrons. The third-order valence-electron chi connectivity index (χ3n) is 3.13. The van der Waals surface area contributed by atoms with Crippen LogP contribution in [0.4, 0.5) is 0 Å². The van der Waals surface area contributed by atoms with E-state index in [2.05, 4.69) is 9.71 Å². The van der Waals surface area contributed by atoms with Crippen LogP contribution in [-0.4, -0.2) is 38.1 Å². The van der Waals surface area contributed by atoms with Crippen LogP contribution < -0.4 is 9.46 Å². The number of aromatic nitrogens is 1. The maximum absolute atomic E-state index is 12.0. The number of hydrogen-bond acceptors (Lipinski definition) is 5. The van der Waals surface area contributed by atoms with Crippen molar-refractivity contribution in [2.75, 3.05) is 13.7 Å². The molecule has 0 aromatic carbocycles. The van der Waals surface area contributed by atoms with E-state index in [0.717, 1.165) is 0 Å². The first-order valence-electron chi connectivity index (χ1n) is 5.63. The number of nitrogens with zero attached hydrogens (tertiary/aromatic N) is 1. The van der Waals surface area contributed by atoms with E-state index in [0.29, 0.717) is 18.6 Å². The number of ether oxygens (including phenoxy) is 1. The second-order valence-corrected chi connectivity index (χ2v) is 6.16. The molecule has 19 heavy (non-hydrogen) atoms. The lowest BCUT2D eigenvalue weighted by Gasteiger charge is -2.11. The van der Waals surface area contributed by atoms with Gasteiger partial charge in [-0.15, -0.1) is 0 Å². The Morgan fingerprint density at radius 2 is 2.26 bits per heavy atom. The van der Waals surface area contributed by atoms with Crippen LogP contribution in [0.25, 0.3) is 0 Å². The minimum atomic E-state index is -3.82. The zero-order chi connectivity index (χ0) is 14.1. The first-order valence-corrected chi connectivity index (χ1v) is 7.11. The van der Waals surface area contributed by atoms with Gasteiger partial charge < -0.3 is 9.84 Å². The van der Waals surface area contributed by atoms with Crippen molar-refractivity contribution in [3.63, 3.8) is 0 Å². The molecule has 0 bridgehead atoms. The van der Waals surface area contributed by atoms with E-state index in [1.54, 1.807) is 0 Å². The second kappa shape index (κ2) is 4.78. The molecule has 1 aromatic heterocycles. The largest absolute Gasteiger partial charge is 0.497 e. The summed E-state index contributed by atoms with van der Waals surface area (Å²) in [6.07, 6.45) is 2.28. The van der Waals surface area contributed by atoms with Gasteiger partial charge in [0.05, 0.1) is 12.5 Å². The number of aliphatic carboxylic acids is 1. The van der Waals surface area contributed by atoms with Crippen LogP contribution in [-0.2, 0) is 14.8 Å². The maximum Gasteiger partial charge on any atom is 0.310 e. The molecule has 8 heteroatoms. The predicted molar refractivity (Wildman–Crippen MR) is 65.3 cm³/mol. The lowest BCUT2D eigenvalue weighted by Crippen LogP contribution is -2.34. The lowest BCUT2D eigenvalue weighted by atomic mass is 10.1. The van der Waals surface area contributed by atoms with Gasteiger partial charge >= 0.3 is 5.97 Å². The molecule has 1 heterocycles. The van der Waals surface area contributed by atoms with Crippen molar-refractivity contribution in [2.24, 2.45) is 5.41 Å². The van der Waals surface area contributed by atoms with Gasteiger partial charge in [0.1, 0.15) is 5.75 Å². The fourth-order valence-electron chi connectivity index (χ4n) is 1.59. The molecule has 0 saturated heterocycles. The van der Waals surface area contributed by atoms with Crippen LogP contribution in [0, 0.1) is 5.41 Å². The third-order valence-corrected chi connectivity index (χ3v) is 4.42. The van der Waals surface area contributed by atoms with Gasteiger partial charge in [-0.1, -0.05) is 0 Å². The third kappa shape index (κ3) is 2.85. The molecular weight excluding hydrogens is 272 g/mol. The van der Waals surface area contributed by atoms with Crippen molar-refractivity contribution in [1.29, 1.82) is 0 Å². The van der Waals surface area contributed by atoms with Crippen LogP contribution in [0.5, 0.6) is 5.75 Å². The monoisotopic (exact) mass is 286 g/mol. The summed E-state index contributed by atoms with van der Waals surface area (Å²) in [7, 11) is -2.40. The Bertz CT molecular complexity index is 595. The molecule has 104 valence electrons. The Balaban J connectivity index is 2.12. The first kappa shape index (κ1) is 13.8. The summed E-state index contributed by atoms with van der Waals surface area (Å²) < 4.78 is 31.2. The summed E-state index contributed by atoms with van der Waals surface area (Å²) in [4.78, 5) is 14.7. The molecule has 0 spiro atoms. The molecule has 1 aliphatic carbocycles. The molecule has 1 aromatic rings. The minimum Gasteiger partial charge on any atom is -0.497 e. The van der Waals surface area contributed by atoms with Gasteiger partial charge in [-0.3, -0.25) is 4.79 Å². The summed E-state index contributed by atoms with van der Waals surface area (Å²) >= 11 is 0. The molecule has 0 amide bonds. The van der Waals surface area contributed by atoms with Crippen LogP contribution in [0.3, 0.4) is 0 Å². The number of pyridine rings is 1. The maximum atomic E-state index is 12.0. The average Bonchev–Trinajstić information content (AvgIpc) is 3.18. The number of rotatable bonds is 6. The lowest BCUT2D eigenvalue weighted by molar-refractivity contribution is -0.143. The standard InChI is InChI=1S/C11H14N2O5S/c1-18-8-2-5-12-9(6-8)19(16,17)13-7-11(3-4-11)10(14)15/h2,5-6,13H,3-4,7H2,1H3,(H,14,15). The van der Waals surface area contributed by atoms with Crippen molar-refractivity contribution < 1.29 is 23.1 Å². The Kier molecular flexibility index (Phi) is 3.46. The average molecular weight is 286 g/mol. The van der Waals surface area contributed by atoms with Gasteiger partial charge in [0.15, 0.2) is 5.03 Å². The van der Waals surface area contributed by atoms with Crippen LogP contribution >= 0.6 is 0 Å². The van der Waals surface area contributed by atoms with Gasteiger partial charge in [-0.25, -0.2) is 18.1 Å². The highest BCUT2D eigenvalue weighted by Gasteiger charge is 2.50. The number of carboxylic acids is 1. The Morgan fingerprint density at radius 1 is 1.58 bits per heavy atom. The number of hydrogen-bond donors (Lipinski definition) is 2. The summed E-state index contributed by atoms with van der Waals surface area (Å²) in [6, 6.07) is 2.81. The zero-order valence-corrected chi connectivity index (χ0v) is 11.1. The minimum absolute atomic E-state index is 0.121. The first-order chi connectivity index (χ1) is 8.89. The summed E-state index contributed by atoms with van der Waals surface area (Å²) in [5, 5.41) is 8.80. The SMILES string of the molecule is COc1ccnc(S(=O)(=O)NCC2(C(=O)O)CC2)c1. The zero-order valence-electron chi connectivity index (χ0n) is 10.3. The van der Waals surface area contributed by atoms with Crippen molar-refractivity contribution >= 4 is 16.0 Å². The summed E-state index contributed by atoms with van der Waals surface area (Å²) in [6.45, 7) is -0.121. The number of methoxy groups -OCH3 is 1. The van der Waals surface area contributed by atoms with Crippen LogP contribution in [0.1, 0.15) is 12.8 Å². The topological polar surface area (TPSA) is 106 Å². The molecule has 0 atom stereocenters. The molecule has 2 rings (SSSR count). The molecular formula is C11H14N2O5S. The highest BCUT2D eigenvalue weighted by Crippen LogP contribution is 2.45. The molecule has 1 fully saturated rings. The van der Waals surface area contributed by atoms with Crippen LogP contribution in [0.2, 0.25) is 0 Å². The highest BCUT2D eigenvalue weighted by molar-refractivity contribution is 7.89. The molecule has 1 saturated carbocycles. The number of carbonyl (C=O) groups is 1. The van der Waals surface area contributed by atoms with Gasteiger partial charge in [0, 0.05) is 18.8 Å². The number of nitrogens with one attached hydrogen (secondary N) is 1. The molecule has 1 aliphatic rings. The number of carboxylic acid groups (broad SMARTS) is 1. The Labute approximate surface area is 110 Å². The molecule has 0 aliphatic heterocycles. The summed E-state index contributed by atoms with van der Waals surface area (Å²) in [5.74, 6) is -0.608. The van der Waals surface area contributed by atoms with Crippen molar-refractivity contribution in [3.8, 4) is 5.75 Å². The van der Waals surface area contributed by atoms with Gasteiger partial charge in [0.25, 0.3) is 10.0 Å². The normalized spacial score (nSPS) is 16.9. The Hall–Kier alpha value is -1.67. The van der Waals surface area contributed by atoms with Crippen molar-refractivity contribution in [1.82, 2.24) is 9.71 Å². The van der Waals surface area contributed by atoms with Crippen molar-refractivity contribution in [2.45, 2.75) is 17.9 Å². The van der Waals surface area contributed by atoms with Crippen LogP contribution in [0.15, 0.2) is 23.4 Å². The van der Waals surface area contributed by atoms with E-state index in [1.165, 1.54) is 25.4 Å². The van der Waals surface area contributed by atoms with E-state index < -0.39 is 21.4 Å². The van der Waals surface area contributed by atoms with E-state index in [4.69, 9.17) is 9.84 Å². The number of sulfonamides is 1. The second-order valence-electron chi connectivity index (χ2n) is 4.44. The smallest absolute Gasteiger partial charge is 0.310 e. The predicted octanol–water partition coefficient (Wildman–Crippen LogP) is 0.233. The van der Waals surface area contributed by atoms with Gasteiger partial charge in [0.2, 0.25) is 0 Å². The van der Waals surface area contributed by atoms with Crippen molar-refractivity contribution in [3.05, 3.63) is 18.3 Å². The van der Waals surface area contributed by atoms with E-state index in [-0.39, 0.29) is 11.6 Å². The van der Waals surface area contributed by atoms with E-state index >= 15 is 0 Å². The van der Waals surface area contributed by atoms with E-state index in [1.807, 2.05) is 0 Å². The fourth-order valence-corrected chi connectivity index (χ4v) is 2.67. The fraction of sp³-hybridized carbons (Fsp3) is 0.455. The highest BCUT2D eigenvalue weighted by atomic mass is 32.2. The molecule has 7 nitrogen and oxygen atoms in total. The van der Waals surface area contributed by atoms with Gasteiger partial charge in [-0.2, -0.15) is 0 Å².